The molecule has 0 aromatic heterocycles. The summed E-state index contributed by atoms with van der Waals surface area (Å²) in [5.41, 5.74) is 0.192. The minimum absolute atomic E-state index is 0.0849. The summed E-state index contributed by atoms with van der Waals surface area (Å²) in [7, 11) is 0. The third kappa shape index (κ3) is 3.44. The summed E-state index contributed by atoms with van der Waals surface area (Å²) in [6.45, 7) is -2.76. The molecule has 0 amide bonds. The van der Waals surface area contributed by atoms with Crippen molar-refractivity contribution in [2.24, 2.45) is 0 Å². The van der Waals surface area contributed by atoms with E-state index in [0.29, 0.717) is 6.29 Å². The second-order valence-electron chi connectivity index (χ2n) is 3.07. The Balaban J connectivity index is 3.04. The molecule has 0 unspecified atom stereocenters. The van der Waals surface area contributed by atoms with Crippen LogP contribution < -0.4 is 5.32 Å². The Hall–Kier alpha value is -2.11. The first kappa shape index (κ1) is 13.0. The van der Waals surface area contributed by atoms with Crippen molar-refractivity contribution < 1.29 is 18.0 Å². The lowest BCUT2D eigenvalue weighted by Gasteiger charge is -2.04. The van der Waals surface area contributed by atoms with Crippen LogP contribution in [0.3, 0.4) is 0 Å². The Morgan fingerprint density at radius 3 is 2.59 bits per heavy atom. The molecule has 0 heterocycles. The second kappa shape index (κ2) is 5.83. The molecule has 0 bridgehead atoms. The number of hydrogen-bond acceptors (Lipinski definition) is 3. The Bertz CT molecular complexity index is 458. The lowest BCUT2D eigenvalue weighted by Crippen LogP contribution is -2.13. The van der Waals surface area contributed by atoms with E-state index in [-0.39, 0.29) is 16.7 Å². The van der Waals surface area contributed by atoms with Gasteiger partial charge in [-0.2, -0.15) is 8.78 Å². The molecule has 0 saturated carbocycles. The van der Waals surface area contributed by atoms with Crippen LogP contribution in [0.4, 0.5) is 13.2 Å². The van der Waals surface area contributed by atoms with Gasteiger partial charge in [0.05, 0.1) is 5.56 Å². The average Bonchev–Trinajstić information content (AvgIpc) is 2.29. The van der Waals surface area contributed by atoms with Crippen LogP contribution in [0.2, 0.25) is 0 Å². The highest BCUT2D eigenvalue weighted by molar-refractivity contribution is 6.08. The van der Waals surface area contributed by atoms with Gasteiger partial charge in [-0.1, -0.05) is 6.07 Å². The topological polar surface area (TPSA) is 53.0 Å². The summed E-state index contributed by atoms with van der Waals surface area (Å²) in [6.07, 6.45) is 2.07. The number of rotatable bonds is 5. The first-order valence-electron chi connectivity index (χ1n) is 4.58. The van der Waals surface area contributed by atoms with E-state index >= 15 is 0 Å². The third-order valence-corrected chi connectivity index (χ3v) is 1.98. The van der Waals surface area contributed by atoms with Crippen molar-refractivity contribution in [2.75, 3.05) is 0 Å². The van der Waals surface area contributed by atoms with Crippen LogP contribution in [0.1, 0.15) is 15.9 Å². The van der Waals surface area contributed by atoms with E-state index in [4.69, 9.17) is 5.41 Å². The fourth-order valence-electron chi connectivity index (χ4n) is 1.16. The zero-order valence-electron chi connectivity index (χ0n) is 8.58. The van der Waals surface area contributed by atoms with Gasteiger partial charge in [0.15, 0.2) is 6.29 Å². The largest absolute Gasteiger partial charge is 0.336 e. The average molecular weight is 242 g/mol. The lowest BCUT2D eigenvalue weighted by molar-refractivity contribution is 0.111. The first-order valence-corrected chi connectivity index (χ1v) is 4.58. The van der Waals surface area contributed by atoms with Crippen molar-refractivity contribution >= 4 is 18.1 Å². The summed E-state index contributed by atoms with van der Waals surface area (Å²) in [5, 5.41) is 8.74. The van der Waals surface area contributed by atoms with Crippen LogP contribution in [0.5, 0.6) is 0 Å². The number of halogens is 3. The number of alkyl halides is 2. The maximum absolute atomic E-state index is 13.2. The van der Waals surface area contributed by atoms with Crippen LogP contribution in [-0.2, 0) is 0 Å². The number of aldehydes is 1. The Morgan fingerprint density at radius 1 is 1.41 bits per heavy atom. The van der Waals surface area contributed by atoms with Crippen molar-refractivity contribution in [1.82, 2.24) is 5.32 Å². The SMILES string of the molecule is N=C/C(=C\NC(F)F)c1ccc(C=O)c(F)c1. The first-order chi connectivity index (χ1) is 8.08. The molecule has 0 aliphatic carbocycles. The van der Waals surface area contributed by atoms with Crippen LogP contribution in [0, 0.1) is 11.2 Å². The quantitative estimate of drug-likeness (QED) is 0.473. The molecule has 90 valence electrons. The van der Waals surface area contributed by atoms with Gasteiger partial charge in [0.1, 0.15) is 5.82 Å². The van der Waals surface area contributed by atoms with E-state index in [1.54, 1.807) is 5.32 Å². The molecule has 0 aliphatic rings. The summed E-state index contributed by atoms with van der Waals surface area (Å²) < 4.78 is 37.0. The summed E-state index contributed by atoms with van der Waals surface area (Å²) in [6, 6.07) is 3.60. The Kier molecular flexibility index (Phi) is 4.45. The predicted molar refractivity (Wildman–Crippen MR) is 57.7 cm³/mol. The fraction of sp³-hybridized carbons (Fsp3) is 0.0909. The molecule has 17 heavy (non-hydrogen) atoms. The number of allylic oxidation sites excluding steroid dienone is 1. The van der Waals surface area contributed by atoms with Gasteiger partial charge in [0.2, 0.25) is 0 Å². The predicted octanol–water partition coefficient (Wildman–Crippen LogP) is 2.44. The molecular formula is C11H9F3N2O. The molecule has 0 spiro atoms. The van der Waals surface area contributed by atoms with E-state index in [1.807, 2.05) is 0 Å². The van der Waals surface area contributed by atoms with Crippen molar-refractivity contribution in [3.8, 4) is 0 Å². The minimum Gasteiger partial charge on any atom is -0.336 e. The van der Waals surface area contributed by atoms with Gasteiger partial charge < -0.3 is 10.7 Å². The number of benzene rings is 1. The highest BCUT2D eigenvalue weighted by atomic mass is 19.3. The summed E-state index contributed by atoms with van der Waals surface area (Å²) in [4.78, 5) is 10.4. The fourth-order valence-corrected chi connectivity index (χ4v) is 1.16. The van der Waals surface area contributed by atoms with E-state index in [1.165, 1.54) is 12.1 Å². The van der Waals surface area contributed by atoms with E-state index in [2.05, 4.69) is 0 Å². The number of carbonyl (C=O) groups excluding carboxylic acids is 1. The number of nitrogens with one attached hydrogen (secondary N) is 2. The van der Waals surface area contributed by atoms with Gasteiger partial charge in [0.25, 0.3) is 0 Å². The molecule has 2 N–H and O–H groups in total. The molecule has 1 aromatic carbocycles. The molecule has 3 nitrogen and oxygen atoms in total. The molecule has 0 saturated heterocycles. The molecule has 6 heteroatoms. The van der Waals surface area contributed by atoms with Gasteiger partial charge in [-0.25, -0.2) is 4.39 Å². The highest BCUT2D eigenvalue weighted by Gasteiger charge is 2.06. The zero-order valence-corrected chi connectivity index (χ0v) is 8.58. The van der Waals surface area contributed by atoms with Gasteiger partial charge in [-0.15, -0.1) is 0 Å². The van der Waals surface area contributed by atoms with Crippen molar-refractivity contribution in [1.29, 1.82) is 5.41 Å². The van der Waals surface area contributed by atoms with E-state index in [0.717, 1.165) is 18.5 Å². The molecule has 0 radical (unpaired) electrons. The standard InChI is InChI=1S/C11H9F3N2O/c12-10-3-7(1-2-8(10)6-17)9(4-15)5-16-11(13)14/h1-6,11,15-16H/b9-5+,15-4?. The lowest BCUT2D eigenvalue weighted by atomic mass is 10.1. The number of hydrogen-bond donors (Lipinski definition) is 2. The molecule has 0 aliphatic heterocycles. The maximum Gasteiger partial charge on any atom is 0.312 e. The van der Waals surface area contributed by atoms with Gasteiger partial charge in [-0.3, -0.25) is 4.79 Å². The summed E-state index contributed by atoms with van der Waals surface area (Å²) in [5.74, 6) is -0.762. The monoisotopic (exact) mass is 242 g/mol. The Morgan fingerprint density at radius 2 is 2.12 bits per heavy atom. The van der Waals surface area contributed by atoms with Crippen molar-refractivity contribution in [3.05, 3.63) is 41.3 Å². The molecule has 0 atom stereocenters. The summed E-state index contributed by atoms with van der Waals surface area (Å²) >= 11 is 0. The zero-order chi connectivity index (χ0) is 12.8. The molecule has 1 aromatic rings. The highest BCUT2D eigenvalue weighted by Crippen LogP contribution is 2.15. The Labute approximate surface area is 95.5 Å². The van der Waals surface area contributed by atoms with Crippen LogP contribution in [0.15, 0.2) is 24.4 Å². The van der Waals surface area contributed by atoms with Crippen LogP contribution in [-0.4, -0.2) is 19.1 Å². The van der Waals surface area contributed by atoms with Crippen LogP contribution in [0.25, 0.3) is 5.57 Å². The normalized spacial score (nSPS) is 11.4. The second-order valence-corrected chi connectivity index (χ2v) is 3.07. The molecule has 1 rings (SSSR count). The molecule has 0 fully saturated rings. The number of carbonyl (C=O) groups is 1. The van der Waals surface area contributed by atoms with Gasteiger partial charge in [-0.05, 0) is 17.7 Å². The van der Waals surface area contributed by atoms with Gasteiger partial charge >= 0.3 is 6.55 Å². The smallest absolute Gasteiger partial charge is 0.312 e. The van der Waals surface area contributed by atoms with E-state index in [9.17, 15) is 18.0 Å². The van der Waals surface area contributed by atoms with Crippen molar-refractivity contribution in [2.45, 2.75) is 6.55 Å². The molecular weight excluding hydrogens is 233 g/mol. The van der Waals surface area contributed by atoms with Gasteiger partial charge in [0, 0.05) is 18.0 Å². The maximum atomic E-state index is 13.2. The van der Waals surface area contributed by atoms with E-state index < -0.39 is 12.4 Å². The minimum atomic E-state index is -2.76. The third-order valence-electron chi connectivity index (χ3n) is 1.98. The van der Waals surface area contributed by atoms with Crippen LogP contribution >= 0.6 is 0 Å². The van der Waals surface area contributed by atoms with Crippen molar-refractivity contribution in [3.63, 3.8) is 0 Å².